The van der Waals surface area contributed by atoms with Gasteiger partial charge in [0.25, 0.3) is 5.91 Å². The second kappa shape index (κ2) is 7.30. The van der Waals surface area contributed by atoms with Crippen LogP contribution in [-0.2, 0) is 0 Å². The smallest absolute Gasteiger partial charge is 0.255 e. The number of benzene rings is 2. The Kier molecular flexibility index (Phi) is 4.93. The summed E-state index contributed by atoms with van der Waals surface area (Å²) in [4.78, 5) is 16.7. The van der Waals surface area contributed by atoms with E-state index >= 15 is 0 Å². The Balaban J connectivity index is 1.81. The normalized spacial score (nSPS) is 10.9. The Hall–Kier alpha value is -2.95. The van der Waals surface area contributed by atoms with E-state index in [-0.39, 0.29) is 23.3 Å². The van der Waals surface area contributed by atoms with E-state index in [1.165, 1.54) is 6.07 Å². The molecule has 1 heterocycles. The maximum atomic E-state index is 14.5. The molecule has 25 heavy (non-hydrogen) atoms. The maximum Gasteiger partial charge on any atom is 0.255 e. The van der Waals surface area contributed by atoms with Crippen molar-refractivity contribution in [2.45, 2.75) is 13.8 Å². The van der Waals surface area contributed by atoms with Crippen LogP contribution in [-0.4, -0.2) is 17.5 Å². The summed E-state index contributed by atoms with van der Waals surface area (Å²) in [5.74, 6) is -0.539. The van der Waals surface area contributed by atoms with Crippen molar-refractivity contribution < 1.29 is 13.9 Å². The van der Waals surface area contributed by atoms with Crippen LogP contribution >= 0.6 is 0 Å². The maximum absolute atomic E-state index is 14.5. The lowest BCUT2D eigenvalue weighted by Gasteiger charge is -2.12. The van der Waals surface area contributed by atoms with Crippen molar-refractivity contribution in [3.63, 3.8) is 0 Å². The number of hydrogen-bond acceptors (Lipinski definition) is 3. The molecule has 0 bridgehead atoms. The number of rotatable bonds is 5. The fourth-order valence-electron chi connectivity index (χ4n) is 2.39. The Morgan fingerprint density at radius 1 is 1.20 bits per heavy atom. The summed E-state index contributed by atoms with van der Waals surface area (Å²) in [5, 5.41) is 3.46. The minimum absolute atomic E-state index is 0.0949. The van der Waals surface area contributed by atoms with E-state index in [0.717, 1.165) is 10.9 Å². The number of anilines is 1. The Morgan fingerprint density at radius 2 is 2.04 bits per heavy atom. The number of aromatic nitrogens is 1. The molecule has 0 unspecified atom stereocenters. The molecule has 5 heteroatoms. The highest BCUT2D eigenvalue weighted by molar-refractivity contribution is 6.06. The topological polar surface area (TPSA) is 51.2 Å². The zero-order valence-corrected chi connectivity index (χ0v) is 14.1. The van der Waals surface area contributed by atoms with Gasteiger partial charge >= 0.3 is 0 Å². The highest BCUT2D eigenvalue weighted by Crippen LogP contribution is 2.25. The molecule has 1 N–H and O–H groups in total. The molecule has 1 amide bonds. The number of carbonyl (C=O) groups excluding carboxylic acids is 1. The highest BCUT2D eigenvalue weighted by atomic mass is 19.1. The third-order valence-corrected chi connectivity index (χ3v) is 3.65. The first-order chi connectivity index (χ1) is 12.0. The number of amides is 1. The number of nitrogens with zero attached hydrogens (tertiary/aromatic N) is 1. The number of hydrogen-bond donors (Lipinski definition) is 1. The molecular formula is C20H19FN2O2. The summed E-state index contributed by atoms with van der Waals surface area (Å²) in [6, 6.07) is 13.6. The minimum atomic E-state index is -0.570. The molecule has 3 aromatic rings. The monoisotopic (exact) mass is 338 g/mol. The van der Waals surface area contributed by atoms with Gasteiger partial charge in [-0.1, -0.05) is 26.0 Å². The van der Waals surface area contributed by atoms with Gasteiger partial charge in [0.1, 0.15) is 0 Å². The van der Waals surface area contributed by atoms with Gasteiger partial charge in [-0.05, 0) is 42.3 Å². The molecule has 1 aromatic heterocycles. The van der Waals surface area contributed by atoms with E-state index in [1.807, 2.05) is 19.9 Å². The average molecular weight is 338 g/mol. The van der Waals surface area contributed by atoms with Crippen molar-refractivity contribution in [3.05, 3.63) is 66.1 Å². The largest absolute Gasteiger partial charge is 0.490 e. The molecule has 0 aliphatic heterocycles. The van der Waals surface area contributed by atoms with Crippen LogP contribution < -0.4 is 10.1 Å². The molecule has 0 atom stereocenters. The van der Waals surface area contributed by atoms with Crippen LogP contribution in [0.1, 0.15) is 24.2 Å². The summed E-state index contributed by atoms with van der Waals surface area (Å²) in [7, 11) is 0. The van der Waals surface area contributed by atoms with Crippen molar-refractivity contribution in [1.82, 2.24) is 4.98 Å². The van der Waals surface area contributed by atoms with E-state index in [1.54, 1.807) is 42.6 Å². The SMILES string of the molecule is CC(C)COc1cccc(NC(=O)c2ccc3ncccc3c2)c1F. The molecule has 0 saturated carbocycles. The number of carbonyl (C=O) groups is 1. The van der Waals surface area contributed by atoms with Crippen LogP contribution in [0.15, 0.2) is 54.7 Å². The lowest BCUT2D eigenvalue weighted by Crippen LogP contribution is -2.14. The Labute approximate surface area is 145 Å². The minimum Gasteiger partial charge on any atom is -0.490 e. The van der Waals surface area contributed by atoms with Crippen LogP contribution in [0, 0.1) is 11.7 Å². The van der Waals surface area contributed by atoms with Gasteiger partial charge in [0.15, 0.2) is 11.6 Å². The summed E-state index contributed by atoms with van der Waals surface area (Å²) in [6.45, 7) is 4.38. The van der Waals surface area contributed by atoms with Crippen LogP contribution in [0.5, 0.6) is 5.75 Å². The van der Waals surface area contributed by atoms with Crippen LogP contribution in [0.2, 0.25) is 0 Å². The molecule has 0 aliphatic carbocycles. The molecule has 0 fully saturated rings. The van der Waals surface area contributed by atoms with Gasteiger partial charge in [-0.15, -0.1) is 0 Å². The molecule has 0 aliphatic rings. The molecular weight excluding hydrogens is 319 g/mol. The van der Waals surface area contributed by atoms with Gasteiger partial charge < -0.3 is 10.1 Å². The van der Waals surface area contributed by atoms with Crippen molar-refractivity contribution >= 4 is 22.5 Å². The van der Waals surface area contributed by atoms with Gasteiger partial charge in [-0.25, -0.2) is 4.39 Å². The van der Waals surface area contributed by atoms with Gasteiger partial charge in [0, 0.05) is 17.1 Å². The van der Waals surface area contributed by atoms with Gasteiger partial charge in [0.2, 0.25) is 0 Å². The van der Waals surface area contributed by atoms with Gasteiger partial charge in [0.05, 0.1) is 17.8 Å². The average Bonchev–Trinajstić information content (AvgIpc) is 2.61. The third kappa shape index (κ3) is 3.94. The summed E-state index contributed by atoms with van der Waals surface area (Å²) in [5.41, 5.74) is 1.33. The summed E-state index contributed by atoms with van der Waals surface area (Å²) < 4.78 is 20.0. The van der Waals surface area contributed by atoms with E-state index in [0.29, 0.717) is 12.2 Å². The number of pyridine rings is 1. The number of nitrogens with one attached hydrogen (secondary N) is 1. The van der Waals surface area contributed by atoms with Crippen molar-refractivity contribution in [1.29, 1.82) is 0 Å². The van der Waals surface area contributed by atoms with E-state index in [2.05, 4.69) is 10.3 Å². The second-order valence-electron chi connectivity index (χ2n) is 6.19. The molecule has 3 rings (SSSR count). The predicted octanol–water partition coefficient (Wildman–Crippen LogP) is 4.66. The lowest BCUT2D eigenvalue weighted by atomic mass is 10.1. The Morgan fingerprint density at radius 3 is 2.84 bits per heavy atom. The first-order valence-corrected chi connectivity index (χ1v) is 8.12. The summed E-state index contributed by atoms with van der Waals surface area (Å²) >= 11 is 0. The number of ether oxygens (including phenoxy) is 1. The van der Waals surface area contributed by atoms with Gasteiger partial charge in [-0.3, -0.25) is 9.78 Å². The standard InChI is InChI=1S/C20H19FN2O2/c1-13(2)12-25-18-7-3-6-17(19(18)21)23-20(24)15-8-9-16-14(11-15)5-4-10-22-16/h3-11,13H,12H2,1-2H3,(H,23,24). The molecule has 0 radical (unpaired) electrons. The molecule has 0 saturated heterocycles. The number of halogens is 1. The highest BCUT2D eigenvalue weighted by Gasteiger charge is 2.14. The predicted molar refractivity (Wildman–Crippen MR) is 96.4 cm³/mol. The Bertz CT molecular complexity index is 909. The first kappa shape index (κ1) is 16.9. The van der Waals surface area contributed by atoms with E-state index < -0.39 is 5.82 Å². The van der Waals surface area contributed by atoms with Crippen LogP contribution in [0.4, 0.5) is 10.1 Å². The fraction of sp³-hybridized carbons (Fsp3) is 0.200. The lowest BCUT2D eigenvalue weighted by molar-refractivity contribution is 0.102. The molecule has 4 nitrogen and oxygen atoms in total. The third-order valence-electron chi connectivity index (χ3n) is 3.65. The molecule has 128 valence electrons. The molecule has 2 aromatic carbocycles. The van der Waals surface area contributed by atoms with Crippen molar-refractivity contribution in [2.24, 2.45) is 5.92 Å². The van der Waals surface area contributed by atoms with Crippen molar-refractivity contribution in [3.8, 4) is 5.75 Å². The zero-order valence-electron chi connectivity index (χ0n) is 14.1. The zero-order chi connectivity index (χ0) is 17.8. The second-order valence-corrected chi connectivity index (χ2v) is 6.19. The van der Waals surface area contributed by atoms with E-state index in [9.17, 15) is 9.18 Å². The first-order valence-electron chi connectivity index (χ1n) is 8.12. The fourth-order valence-corrected chi connectivity index (χ4v) is 2.39. The number of fused-ring (bicyclic) bond motifs is 1. The van der Waals surface area contributed by atoms with Gasteiger partial charge in [-0.2, -0.15) is 0 Å². The van der Waals surface area contributed by atoms with E-state index in [4.69, 9.17) is 4.74 Å². The quantitative estimate of drug-likeness (QED) is 0.736. The molecule has 0 spiro atoms. The summed E-state index contributed by atoms with van der Waals surface area (Å²) in [6.07, 6.45) is 1.69. The van der Waals surface area contributed by atoms with Crippen molar-refractivity contribution in [2.75, 3.05) is 11.9 Å². The van der Waals surface area contributed by atoms with Crippen LogP contribution in [0.25, 0.3) is 10.9 Å². The van der Waals surface area contributed by atoms with Crippen LogP contribution in [0.3, 0.4) is 0 Å².